The molecule has 140 valence electrons. The number of aromatic nitrogens is 3. The highest BCUT2D eigenvalue weighted by atomic mass is 16.5. The molecule has 0 spiro atoms. The monoisotopic (exact) mass is 371 g/mol. The minimum atomic E-state index is 0.0636. The average Bonchev–Trinajstić information content (AvgIpc) is 3.03. The number of pyridine rings is 1. The highest BCUT2D eigenvalue weighted by molar-refractivity contribution is 5.68. The van der Waals surface area contributed by atoms with Crippen LogP contribution in [0.5, 0.6) is 5.88 Å². The Hall–Kier alpha value is -3.46. The third-order valence-corrected chi connectivity index (χ3v) is 5.26. The van der Waals surface area contributed by atoms with Crippen LogP contribution in [0.2, 0.25) is 0 Å². The lowest BCUT2D eigenvalue weighted by Gasteiger charge is -2.20. The fraction of sp³-hybridized carbons (Fsp3) is 0.273. The van der Waals surface area contributed by atoms with Crippen molar-refractivity contribution in [3.63, 3.8) is 0 Å². The number of nitrogens with one attached hydrogen (secondary N) is 1. The summed E-state index contributed by atoms with van der Waals surface area (Å²) in [6.45, 7) is 4.46. The van der Waals surface area contributed by atoms with Gasteiger partial charge in [0.05, 0.1) is 24.4 Å². The Morgan fingerprint density at radius 2 is 2.04 bits per heavy atom. The van der Waals surface area contributed by atoms with E-state index in [0.717, 1.165) is 29.7 Å². The molecule has 4 rings (SSSR count). The number of hydrogen-bond acceptors (Lipinski definition) is 6. The molecule has 0 unspecified atom stereocenters. The standard InChI is InChI=1S/C22H21N5O/c1-22(2)8-6-16-15(13-23)11-14(12-17(16)22)18-7-10-25-21(26-18)27-19-5-4-9-24-20(19)28-3/h4-5,7,9-12H,6,8H2,1-3H3,(H,25,26,27). The minimum Gasteiger partial charge on any atom is -0.480 e. The Bertz CT molecular complexity index is 1080. The molecule has 0 saturated carbocycles. The topological polar surface area (TPSA) is 83.7 Å². The zero-order chi connectivity index (χ0) is 19.7. The number of ether oxygens (including phenoxy) is 1. The van der Waals surface area contributed by atoms with Gasteiger partial charge in [0.25, 0.3) is 0 Å². The molecule has 0 atom stereocenters. The molecule has 3 aromatic rings. The maximum Gasteiger partial charge on any atom is 0.237 e. The molecule has 6 heteroatoms. The molecule has 28 heavy (non-hydrogen) atoms. The zero-order valence-electron chi connectivity index (χ0n) is 16.2. The lowest BCUT2D eigenvalue weighted by atomic mass is 9.84. The lowest BCUT2D eigenvalue weighted by Crippen LogP contribution is -2.12. The van der Waals surface area contributed by atoms with E-state index in [4.69, 9.17) is 4.74 Å². The van der Waals surface area contributed by atoms with Gasteiger partial charge in [-0.25, -0.2) is 15.0 Å². The van der Waals surface area contributed by atoms with E-state index in [1.807, 2.05) is 24.3 Å². The third kappa shape index (κ3) is 3.16. The van der Waals surface area contributed by atoms with Crippen LogP contribution in [0.25, 0.3) is 11.3 Å². The van der Waals surface area contributed by atoms with Crippen LogP contribution in [0.1, 0.15) is 37.0 Å². The number of nitriles is 1. The second kappa shape index (κ2) is 6.93. The maximum absolute atomic E-state index is 9.63. The van der Waals surface area contributed by atoms with Crippen molar-refractivity contribution in [1.29, 1.82) is 5.26 Å². The van der Waals surface area contributed by atoms with Crippen molar-refractivity contribution in [2.24, 2.45) is 0 Å². The molecule has 0 aliphatic heterocycles. The summed E-state index contributed by atoms with van der Waals surface area (Å²) in [5.74, 6) is 0.921. The van der Waals surface area contributed by atoms with E-state index < -0.39 is 0 Å². The van der Waals surface area contributed by atoms with Crippen LogP contribution in [-0.2, 0) is 11.8 Å². The summed E-state index contributed by atoms with van der Waals surface area (Å²) in [5.41, 5.74) is 5.59. The van der Waals surface area contributed by atoms with Gasteiger partial charge in [0.15, 0.2) is 0 Å². The van der Waals surface area contributed by atoms with E-state index in [1.165, 1.54) is 11.1 Å². The number of benzene rings is 1. The van der Waals surface area contributed by atoms with Gasteiger partial charge in [0.1, 0.15) is 5.69 Å². The van der Waals surface area contributed by atoms with Gasteiger partial charge in [0.2, 0.25) is 11.8 Å². The van der Waals surface area contributed by atoms with Crippen LogP contribution in [0.3, 0.4) is 0 Å². The van der Waals surface area contributed by atoms with Gasteiger partial charge in [-0.05, 0) is 59.7 Å². The predicted molar refractivity (Wildman–Crippen MR) is 108 cm³/mol. The molecule has 6 nitrogen and oxygen atoms in total. The summed E-state index contributed by atoms with van der Waals surface area (Å²) < 4.78 is 5.27. The number of rotatable bonds is 4. The predicted octanol–water partition coefficient (Wildman–Crippen LogP) is 4.39. The van der Waals surface area contributed by atoms with Crippen molar-refractivity contribution in [3.8, 4) is 23.2 Å². The molecule has 0 fully saturated rings. The molecule has 0 amide bonds. The first kappa shape index (κ1) is 17.9. The summed E-state index contributed by atoms with van der Waals surface area (Å²) in [6, 6.07) is 12.0. The van der Waals surface area contributed by atoms with E-state index in [2.05, 4.69) is 46.3 Å². The van der Waals surface area contributed by atoms with Gasteiger partial charge in [-0.3, -0.25) is 0 Å². The average molecular weight is 371 g/mol. The minimum absolute atomic E-state index is 0.0636. The van der Waals surface area contributed by atoms with Crippen LogP contribution in [0.15, 0.2) is 42.7 Å². The van der Waals surface area contributed by atoms with Gasteiger partial charge in [-0.1, -0.05) is 13.8 Å². The Balaban J connectivity index is 1.74. The van der Waals surface area contributed by atoms with Crippen LogP contribution in [0, 0.1) is 11.3 Å². The number of methoxy groups -OCH3 is 1. The Morgan fingerprint density at radius 1 is 1.18 bits per heavy atom. The number of hydrogen-bond donors (Lipinski definition) is 1. The fourth-order valence-corrected chi connectivity index (χ4v) is 3.71. The first-order valence-electron chi connectivity index (χ1n) is 9.19. The fourth-order valence-electron chi connectivity index (χ4n) is 3.71. The van der Waals surface area contributed by atoms with E-state index >= 15 is 0 Å². The molecule has 0 saturated heterocycles. The summed E-state index contributed by atoms with van der Waals surface area (Å²) in [4.78, 5) is 13.1. The molecule has 0 bridgehead atoms. The summed E-state index contributed by atoms with van der Waals surface area (Å²) >= 11 is 0. The molecule has 2 heterocycles. The van der Waals surface area contributed by atoms with Gasteiger partial charge in [0, 0.05) is 18.0 Å². The van der Waals surface area contributed by atoms with Crippen molar-refractivity contribution < 1.29 is 4.74 Å². The van der Waals surface area contributed by atoms with Gasteiger partial charge < -0.3 is 10.1 Å². The molecule has 1 aliphatic rings. The van der Waals surface area contributed by atoms with Crippen LogP contribution in [0.4, 0.5) is 11.6 Å². The summed E-state index contributed by atoms with van der Waals surface area (Å²) in [7, 11) is 1.57. The number of nitrogens with zero attached hydrogens (tertiary/aromatic N) is 4. The quantitative estimate of drug-likeness (QED) is 0.732. The Kier molecular flexibility index (Phi) is 4.44. The SMILES string of the molecule is COc1ncccc1Nc1nccc(-c2cc(C#N)c3c(c2)C(C)(C)CC3)n1. The first-order valence-corrected chi connectivity index (χ1v) is 9.19. The molecule has 1 aromatic carbocycles. The van der Waals surface area contributed by atoms with Crippen LogP contribution in [-0.4, -0.2) is 22.1 Å². The molecular weight excluding hydrogens is 350 g/mol. The molecule has 2 aromatic heterocycles. The van der Waals surface area contributed by atoms with Gasteiger partial charge in [-0.15, -0.1) is 0 Å². The summed E-state index contributed by atoms with van der Waals surface area (Å²) in [6.07, 6.45) is 5.37. The van der Waals surface area contributed by atoms with E-state index in [9.17, 15) is 5.26 Å². The Morgan fingerprint density at radius 3 is 2.82 bits per heavy atom. The van der Waals surface area contributed by atoms with Gasteiger partial charge >= 0.3 is 0 Å². The molecule has 0 radical (unpaired) electrons. The molecular formula is C22H21N5O. The van der Waals surface area contributed by atoms with Crippen LogP contribution < -0.4 is 10.1 Å². The van der Waals surface area contributed by atoms with Crippen molar-refractivity contribution >= 4 is 11.6 Å². The van der Waals surface area contributed by atoms with Crippen molar-refractivity contribution in [2.45, 2.75) is 32.1 Å². The van der Waals surface area contributed by atoms with Crippen molar-refractivity contribution in [3.05, 3.63) is 59.4 Å². The largest absolute Gasteiger partial charge is 0.480 e. The van der Waals surface area contributed by atoms with Crippen LogP contribution >= 0.6 is 0 Å². The van der Waals surface area contributed by atoms with E-state index in [-0.39, 0.29) is 5.41 Å². The number of anilines is 2. The lowest BCUT2D eigenvalue weighted by molar-refractivity contribution is 0.400. The smallest absolute Gasteiger partial charge is 0.237 e. The zero-order valence-corrected chi connectivity index (χ0v) is 16.2. The van der Waals surface area contributed by atoms with Gasteiger partial charge in [-0.2, -0.15) is 5.26 Å². The van der Waals surface area contributed by atoms with Crippen molar-refractivity contribution in [1.82, 2.24) is 15.0 Å². The highest BCUT2D eigenvalue weighted by Crippen LogP contribution is 2.41. The molecule has 1 aliphatic carbocycles. The molecule has 1 N–H and O–H groups in total. The van der Waals surface area contributed by atoms with Crippen molar-refractivity contribution in [2.75, 3.05) is 12.4 Å². The van der Waals surface area contributed by atoms with E-state index in [0.29, 0.717) is 17.5 Å². The Labute approximate surface area is 164 Å². The number of fused-ring (bicyclic) bond motifs is 1. The second-order valence-electron chi connectivity index (χ2n) is 7.50. The first-order chi connectivity index (χ1) is 13.5. The van der Waals surface area contributed by atoms with E-state index in [1.54, 1.807) is 19.5 Å². The maximum atomic E-state index is 9.63. The summed E-state index contributed by atoms with van der Waals surface area (Å²) in [5, 5.41) is 12.8. The third-order valence-electron chi connectivity index (χ3n) is 5.26. The normalized spacial score (nSPS) is 14.2. The highest BCUT2D eigenvalue weighted by Gasteiger charge is 2.32. The second-order valence-corrected chi connectivity index (χ2v) is 7.50.